The fourth-order valence-corrected chi connectivity index (χ4v) is 2.27. The van der Waals surface area contributed by atoms with Crippen molar-refractivity contribution in [3.63, 3.8) is 0 Å². The molecule has 0 N–H and O–H groups in total. The summed E-state index contributed by atoms with van der Waals surface area (Å²) in [5.41, 5.74) is 2.06. The second-order valence-electron chi connectivity index (χ2n) is 4.56. The van der Waals surface area contributed by atoms with Crippen molar-refractivity contribution >= 4 is 17.2 Å². The van der Waals surface area contributed by atoms with E-state index >= 15 is 0 Å². The number of aromatic nitrogens is 3. The topological polar surface area (TPSA) is 39.4 Å². The van der Waals surface area contributed by atoms with Crippen LogP contribution >= 0.6 is 11.6 Å². The highest BCUT2D eigenvalue weighted by Crippen LogP contribution is 2.33. The van der Waals surface area contributed by atoms with E-state index in [2.05, 4.69) is 16.1 Å². The number of rotatable bonds is 4. The Hall–Kier alpha value is -1.13. The van der Waals surface area contributed by atoms with Crippen LogP contribution in [0.25, 0.3) is 5.65 Å². The van der Waals surface area contributed by atoms with Crippen LogP contribution in [0, 0.1) is 5.92 Å². The van der Waals surface area contributed by atoms with Gasteiger partial charge in [0.2, 0.25) is 0 Å². The maximum atomic E-state index is 6.20. The second-order valence-corrected chi connectivity index (χ2v) is 4.95. The summed E-state index contributed by atoms with van der Waals surface area (Å²) in [6.45, 7) is 0.413. The van der Waals surface area contributed by atoms with E-state index in [9.17, 15) is 0 Å². The van der Waals surface area contributed by atoms with Gasteiger partial charge in [-0.15, -0.1) is 5.10 Å². The third-order valence-corrected chi connectivity index (χ3v) is 3.26. The molecule has 0 saturated heterocycles. The highest BCUT2D eigenvalue weighted by molar-refractivity contribution is 6.29. The Morgan fingerprint density at radius 2 is 2.29 bits per heavy atom. The van der Waals surface area contributed by atoms with Gasteiger partial charge in [-0.3, -0.25) is 0 Å². The average molecular weight is 252 g/mol. The molecule has 0 atom stereocenters. The molecule has 1 aliphatic carbocycles. The number of hydrogen-bond acceptors (Lipinski definition) is 3. The Kier molecular flexibility index (Phi) is 2.76. The van der Waals surface area contributed by atoms with Crippen LogP contribution in [0.5, 0.6) is 0 Å². The zero-order valence-corrected chi connectivity index (χ0v) is 10.4. The zero-order chi connectivity index (χ0) is 11.8. The van der Waals surface area contributed by atoms with Crippen LogP contribution in [0.3, 0.4) is 0 Å². The summed E-state index contributed by atoms with van der Waals surface area (Å²) < 4.78 is 6.68. The van der Waals surface area contributed by atoms with Gasteiger partial charge in [0.05, 0.1) is 0 Å². The highest BCUT2D eigenvalue weighted by atomic mass is 35.5. The fraction of sp³-hybridized carbons (Fsp3) is 0.500. The molecule has 2 aromatic rings. The summed E-state index contributed by atoms with van der Waals surface area (Å²) in [6.07, 6.45) is 3.78. The van der Waals surface area contributed by atoms with E-state index in [4.69, 9.17) is 16.3 Å². The Balaban J connectivity index is 1.98. The van der Waals surface area contributed by atoms with Crippen LogP contribution in [-0.2, 0) is 17.8 Å². The Morgan fingerprint density at radius 1 is 1.47 bits per heavy atom. The summed E-state index contributed by atoms with van der Waals surface area (Å²) in [5, 5.41) is 4.91. The van der Waals surface area contributed by atoms with Crippen molar-refractivity contribution < 1.29 is 4.74 Å². The third-order valence-electron chi connectivity index (χ3n) is 2.99. The van der Waals surface area contributed by atoms with E-state index in [1.807, 2.05) is 6.07 Å². The second kappa shape index (κ2) is 4.27. The largest absolute Gasteiger partial charge is 0.377 e. The first kappa shape index (κ1) is 11.0. The lowest BCUT2D eigenvalue weighted by molar-refractivity contribution is 0.178. The number of methoxy groups -OCH3 is 1. The number of ether oxygens (including phenoxy) is 1. The van der Waals surface area contributed by atoms with E-state index in [1.165, 1.54) is 18.4 Å². The van der Waals surface area contributed by atoms with Crippen LogP contribution in [0.2, 0.25) is 5.15 Å². The minimum Gasteiger partial charge on any atom is -0.377 e. The van der Waals surface area contributed by atoms with E-state index in [0.29, 0.717) is 17.6 Å². The molecular formula is C12H14ClN3O. The number of halogens is 1. The first-order valence-corrected chi connectivity index (χ1v) is 6.17. The van der Waals surface area contributed by atoms with Crippen molar-refractivity contribution in [3.05, 3.63) is 28.7 Å². The van der Waals surface area contributed by atoms with Crippen LogP contribution in [-0.4, -0.2) is 21.7 Å². The maximum absolute atomic E-state index is 6.20. The van der Waals surface area contributed by atoms with Gasteiger partial charge in [-0.1, -0.05) is 11.6 Å². The summed E-state index contributed by atoms with van der Waals surface area (Å²) in [7, 11) is 1.63. The molecule has 0 aromatic carbocycles. The lowest BCUT2D eigenvalue weighted by Gasteiger charge is -2.01. The van der Waals surface area contributed by atoms with Gasteiger partial charge >= 0.3 is 0 Å². The predicted octanol–water partition coefficient (Wildman–Crippen LogP) is 2.48. The number of hydrogen-bond donors (Lipinski definition) is 0. The monoisotopic (exact) mass is 251 g/mol. The van der Waals surface area contributed by atoms with Crippen molar-refractivity contribution in [3.8, 4) is 0 Å². The van der Waals surface area contributed by atoms with Crippen molar-refractivity contribution in [1.29, 1.82) is 0 Å². The predicted molar refractivity (Wildman–Crippen MR) is 65.1 cm³/mol. The molecule has 4 nitrogen and oxygen atoms in total. The SMILES string of the molecule is COCc1nc2cc(CC3CC3)cc(Cl)n2n1. The molecule has 90 valence electrons. The average Bonchev–Trinajstić information content (AvgIpc) is 2.98. The molecular weight excluding hydrogens is 238 g/mol. The highest BCUT2D eigenvalue weighted by Gasteiger charge is 2.22. The standard InChI is InChI=1S/C12H14ClN3O/c1-17-7-11-14-12-6-9(4-8-2-3-8)5-10(13)16(12)15-11/h5-6,8H,2-4,7H2,1H3. The Bertz CT molecular complexity index is 548. The molecule has 0 spiro atoms. The van der Waals surface area contributed by atoms with E-state index < -0.39 is 0 Å². The van der Waals surface area contributed by atoms with Crippen molar-refractivity contribution in [2.75, 3.05) is 7.11 Å². The van der Waals surface area contributed by atoms with Crippen molar-refractivity contribution in [2.24, 2.45) is 5.92 Å². The van der Waals surface area contributed by atoms with Crippen LogP contribution in [0.15, 0.2) is 12.1 Å². The van der Waals surface area contributed by atoms with Gasteiger partial charge in [0.1, 0.15) is 11.8 Å². The van der Waals surface area contributed by atoms with Crippen molar-refractivity contribution in [2.45, 2.75) is 25.9 Å². The molecule has 0 radical (unpaired) electrons. The van der Waals surface area contributed by atoms with Crippen molar-refractivity contribution in [1.82, 2.24) is 14.6 Å². The van der Waals surface area contributed by atoms with Gasteiger partial charge in [0, 0.05) is 7.11 Å². The lowest BCUT2D eigenvalue weighted by atomic mass is 10.1. The molecule has 17 heavy (non-hydrogen) atoms. The fourth-order valence-electron chi connectivity index (χ4n) is 2.00. The number of pyridine rings is 1. The molecule has 0 unspecified atom stereocenters. The quantitative estimate of drug-likeness (QED) is 0.784. The summed E-state index contributed by atoms with van der Waals surface area (Å²) in [4.78, 5) is 4.39. The van der Waals surface area contributed by atoms with Gasteiger partial charge in [-0.25, -0.2) is 9.50 Å². The minimum absolute atomic E-state index is 0.413. The van der Waals surface area contributed by atoms with E-state index in [0.717, 1.165) is 18.0 Å². The van der Waals surface area contributed by atoms with Gasteiger partial charge < -0.3 is 4.74 Å². The van der Waals surface area contributed by atoms with Crippen LogP contribution < -0.4 is 0 Å². The summed E-state index contributed by atoms with van der Waals surface area (Å²) in [6, 6.07) is 4.05. The summed E-state index contributed by atoms with van der Waals surface area (Å²) >= 11 is 6.20. The Labute approximate surface area is 105 Å². The zero-order valence-electron chi connectivity index (χ0n) is 9.69. The minimum atomic E-state index is 0.413. The molecule has 2 heterocycles. The smallest absolute Gasteiger partial charge is 0.177 e. The molecule has 1 saturated carbocycles. The molecule has 0 bridgehead atoms. The summed E-state index contributed by atoms with van der Waals surface area (Å²) in [5.74, 6) is 1.51. The van der Waals surface area contributed by atoms with Gasteiger partial charge in [-0.05, 0) is 42.9 Å². The first-order chi connectivity index (χ1) is 8.26. The number of fused-ring (bicyclic) bond motifs is 1. The van der Waals surface area contributed by atoms with Gasteiger partial charge in [-0.2, -0.15) is 0 Å². The molecule has 0 aliphatic heterocycles. The third kappa shape index (κ3) is 2.28. The first-order valence-electron chi connectivity index (χ1n) is 5.79. The molecule has 2 aromatic heterocycles. The molecule has 0 amide bonds. The van der Waals surface area contributed by atoms with E-state index in [1.54, 1.807) is 11.6 Å². The molecule has 1 aliphatic rings. The maximum Gasteiger partial charge on any atom is 0.177 e. The molecule has 5 heteroatoms. The Morgan fingerprint density at radius 3 is 3.00 bits per heavy atom. The van der Waals surface area contributed by atoms with Crippen LogP contribution in [0.1, 0.15) is 24.2 Å². The molecule has 3 rings (SSSR count). The van der Waals surface area contributed by atoms with E-state index in [-0.39, 0.29) is 0 Å². The lowest BCUT2D eigenvalue weighted by Crippen LogP contribution is -1.95. The normalized spacial score (nSPS) is 15.6. The van der Waals surface area contributed by atoms with Gasteiger partial charge in [0.15, 0.2) is 11.5 Å². The van der Waals surface area contributed by atoms with Crippen LogP contribution in [0.4, 0.5) is 0 Å². The molecule has 1 fully saturated rings. The van der Waals surface area contributed by atoms with Gasteiger partial charge in [0.25, 0.3) is 0 Å². The number of nitrogens with zero attached hydrogens (tertiary/aromatic N) is 3.